The van der Waals surface area contributed by atoms with E-state index in [1.807, 2.05) is 17.0 Å². The third kappa shape index (κ3) is 3.90. The monoisotopic (exact) mass is 307 g/mol. The summed E-state index contributed by atoms with van der Waals surface area (Å²) >= 11 is 0. The lowest BCUT2D eigenvalue weighted by molar-refractivity contribution is 0.100. The van der Waals surface area contributed by atoms with E-state index in [2.05, 4.69) is 4.90 Å². The second-order valence-corrected chi connectivity index (χ2v) is 5.55. The number of hydrogen-bond donors (Lipinski definition) is 3. The number of nitrogens with zero attached hydrogens (tertiary/aromatic N) is 2. The van der Waals surface area contributed by atoms with E-state index in [9.17, 15) is 4.79 Å². The lowest BCUT2D eigenvalue weighted by atomic mass is 10.1. The topological polar surface area (TPSA) is 90.0 Å². The van der Waals surface area contributed by atoms with Crippen LogP contribution in [0, 0.1) is 0 Å². The number of rotatable bonds is 7. The Balaban J connectivity index is 2.31. The van der Waals surface area contributed by atoms with Gasteiger partial charge in [-0.3, -0.25) is 4.79 Å². The molecule has 6 nitrogen and oxygen atoms in total. The molecule has 0 spiro atoms. The molecule has 0 saturated carbocycles. The molecule has 1 aliphatic rings. The molecular weight excluding hydrogens is 282 g/mol. The van der Waals surface area contributed by atoms with Gasteiger partial charge in [0.15, 0.2) is 0 Å². The van der Waals surface area contributed by atoms with Crippen molar-refractivity contribution >= 4 is 17.3 Å². The van der Waals surface area contributed by atoms with Crippen LogP contribution in [0.15, 0.2) is 18.2 Å². The van der Waals surface area contributed by atoms with Crippen LogP contribution in [0.25, 0.3) is 0 Å². The molecule has 1 saturated heterocycles. The Kier molecular flexibility index (Phi) is 6.03. The van der Waals surface area contributed by atoms with Crippen LogP contribution < -0.4 is 15.5 Å². The summed E-state index contributed by atoms with van der Waals surface area (Å²) in [7, 11) is 0. The van der Waals surface area contributed by atoms with Gasteiger partial charge in [-0.1, -0.05) is 0 Å². The zero-order valence-electron chi connectivity index (χ0n) is 12.9. The van der Waals surface area contributed by atoms with E-state index in [0.717, 1.165) is 37.3 Å². The molecule has 0 aromatic heterocycles. The Morgan fingerprint density at radius 2 is 1.77 bits per heavy atom. The molecule has 2 rings (SSSR count). The van der Waals surface area contributed by atoms with Crippen molar-refractivity contribution in [2.24, 2.45) is 5.73 Å². The minimum Gasteiger partial charge on any atom is -0.395 e. The zero-order chi connectivity index (χ0) is 15.9. The second-order valence-electron chi connectivity index (χ2n) is 5.55. The van der Waals surface area contributed by atoms with Crippen LogP contribution in [-0.2, 0) is 0 Å². The average molecular weight is 307 g/mol. The predicted molar refractivity (Wildman–Crippen MR) is 87.4 cm³/mol. The van der Waals surface area contributed by atoms with Gasteiger partial charge in [0.25, 0.3) is 5.91 Å². The van der Waals surface area contributed by atoms with Crippen molar-refractivity contribution in [1.29, 1.82) is 0 Å². The Bertz CT molecular complexity index is 495. The van der Waals surface area contributed by atoms with Crippen molar-refractivity contribution < 1.29 is 15.0 Å². The molecule has 1 amide bonds. The number of nitrogens with two attached hydrogens (primary N) is 1. The molecule has 1 heterocycles. The number of amides is 1. The van der Waals surface area contributed by atoms with E-state index in [0.29, 0.717) is 18.7 Å². The minimum atomic E-state index is -0.449. The highest BCUT2D eigenvalue weighted by molar-refractivity contribution is 5.99. The number of primary amides is 1. The number of aliphatic hydroxyl groups is 2. The van der Waals surface area contributed by atoms with Gasteiger partial charge in [-0.05, 0) is 37.5 Å². The molecule has 122 valence electrons. The molecule has 0 bridgehead atoms. The highest BCUT2D eigenvalue weighted by atomic mass is 16.3. The van der Waals surface area contributed by atoms with Crippen LogP contribution in [0.1, 0.15) is 29.6 Å². The summed E-state index contributed by atoms with van der Waals surface area (Å²) in [4.78, 5) is 15.9. The van der Waals surface area contributed by atoms with Gasteiger partial charge in [0.1, 0.15) is 0 Å². The molecule has 1 aliphatic heterocycles. The lowest BCUT2D eigenvalue weighted by Gasteiger charge is -2.31. The van der Waals surface area contributed by atoms with Gasteiger partial charge in [0.05, 0.1) is 18.8 Å². The van der Waals surface area contributed by atoms with Crippen molar-refractivity contribution in [3.63, 3.8) is 0 Å². The van der Waals surface area contributed by atoms with Crippen LogP contribution in [0.5, 0.6) is 0 Å². The third-order valence-corrected chi connectivity index (χ3v) is 4.05. The molecule has 0 radical (unpaired) electrons. The number of benzene rings is 1. The molecule has 6 heteroatoms. The molecule has 22 heavy (non-hydrogen) atoms. The summed E-state index contributed by atoms with van der Waals surface area (Å²) in [5.41, 5.74) is 7.72. The van der Waals surface area contributed by atoms with Crippen molar-refractivity contribution in [3.8, 4) is 0 Å². The first-order valence-corrected chi connectivity index (χ1v) is 7.83. The fourth-order valence-electron chi connectivity index (χ4n) is 2.94. The maximum absolute atomic E-state index is 11.8. The maximum atomic E-state index is 11.8. The number of aliphatic hydroxyl groups excluding tert-OH is 2. The third-order valence-electron chi connectivity index (χ3n) is 4.05. The minimum absolute atomic E-state index is 0.0141. The normalized spacial score (nSPS) is 14.9. The van der Waals surface area contributed by atoms with Crippen LogP contribution >= 0.6 is 0 Å². The van der Waals surface area contributed by atoms with Gasteiger partial charge in [-0.15, -0.1) is 0 Å². The van der Waals surface area contributed by atoms with Gasteiger partial charge >= 0.3 is 0 Å². The SMILES string of the molecule is NC(=O)c1cc(N(CCO)CCO)ccc1N1CCCCC1. The average Bonchev–Trinajstić information content (AvgIpc) is 2.55. The summed E-state index contributed by atoms with van der Waals surface area (Å²) in [6, 6.07) is 5.60. The molecule has 0 unspecified atom stereocenters. The van der Waals surface area contributed by atoms with E-state index < -0.39 is 5.91 Å². The summed E-state index contributed by atoms with van der Waals surface area (Å²) in [5, 5.41) is 18.3. The predicted octanol–water partition coefficient (Wildman–Crippen LogP) is 0.567. The number of carbonyl (C=O) groups is 1. The van der Waals surface area contributed by atoms with Crippen LogP contribution in [0.3, 0.4) is 0 Å². The van der Waals surface area contributed by atoms with E-state index >= 15 is 0 Å². The van der Waals surface area contributed by atoms with Crippen molar-refractivity contribution in [1.82, 2.24) is 0 Å². The van der Waals surface area contributed by atoms with Crippen LogP contribution in [-0.4, -0.2) is 55.5 Å². The Morgan fingerprint density at radius 1 is 1.14 bits per heavy atom. The molecule has 1 aromatic rings. The molecule has 0 aliphatic carbocycles. The Labute approximate surface area is 131 Å². The highest BCUT2D eigenvalue weighted by Gasteiger charge is 2.19. The van der Waals surface area contributed by atoms with Gasteiger partial charge in [-0.25, -0.2) is 0 Å². The quantitative estimate of drug-likeness (QED) is 0.685. The number of carbonyl (C=O) groups excluding carboxylic acids is 1. The van der Waals surface area contributed by atoms with Crippen LogP contribution in [0.4, 0.5) is 11.4 Å². The summed E-state index contributed by atoms with van der Waals surface area (Å²) in [5.74, 6) is -0.449. The Morgan fingerprint density at radius 3 is 2.32 bits per heavy atom. The summed E-state index contributed by atoms with van der Waals surface area (Å²) in [6.45, 7) is 2.66. The van der Waals surface area contributed by atoms with Crippen LogP contribution in [0.2, 0.25) is 0 Å². The van der Waals surface area contributed by atoms with Crippen molar-refractivity contribution in [2.45, 2.75) is 19.3 Å². The lowest BCUT2D eigenvalue weighted by Crippen LogP contribution is -2.33. The summed E-state index contributed by atoms with van der Waals surface area (Å²) < 4.78 is 0. The molecule has 0 atom stereocenters. The Hall–Kier alpha value is -1.79. The molecule has 4 N–H and O–H groups in total. The van der Waals surface area contributed by atoms with Gasteiger partial charge in [0.2, 0.25) is 0 Å². The largest absolute Gasteiger partial charge is 0.395 e. The van der Waals surface area contributed by atoms with Gasteiger partial charge in [-0.2, -0.15) is 0 Å². The second kappa shape index (κ2) is 8.00. The van der Waals surface area contributed by atoms with E-state index in [4.69, 9.17) is 15.9 Å². The highest BCUT2D eigenvalue weighted by Crippen LogP contribution is 2.28. The van der Waals surface area contributed by atoms with Crippen molar-refractivity contribution in [2.75, 3.05) is 49.2 Å². The number of anilines is 2. The molecule has 1 fully saturated rings. The van der Waals surface area contributed by atoms with E-state index in [1.165, 1.54) is 6.42 Å². The fraction of sp³-hybridized carbons (Fsp3) is 0.562. The maximum Gasteiger partial charge on any atom is 0.250 e. The first-order chi connectivity index (χ1) is 10.7. The van der Waals surface area contributed by atoms with Gasteiger partial charge in [0, 0.05) is 37.6 Å². The molecular formula is C16H25N3O3. The standard InChI is InChI=1S/C16H25N3O3/c17-16(22)14-12-13(18(8-10-20)9-11-21)4-5-15(14)19-6-2-1-3-7-19/h4-5,12,20-21H,1-3,6-11H2,(H2,17,22). The fourth-order valence-corrected chi connectivity index (χ4v) is 2.94. The smallest absolute Gasteiger partial charge is 0.250 e. The first kappa shape index (κ1) is 16.6. The van der Waals surface area contributed by atoms with E-state index in [1.54, 1.807) is 6.07 Å². The number of hydrogen-bond acceptors (Lipinski definition) is 5. The summed E-state index contributed by atoms with van der Waals surface area (Å²) in [6.07, 6.45) is 3.48. The zero-order valence-corrected chi connectivity index (χ0v) is 12.9. The van der Waals surface area contributed by atoms with Crippen molar-refractivity contribution in [3.05, 3.63) is 23.8 Å². The number of piperidine rings is 1. The molecule has 1 aromatic carbocycles. The van der Waals surface area contributed by atoms with Gasteiger partial charge < -0.3 is 25.7 Å². The first-order valence-electron chi connectivity index (χ1n) is 7.83. The van der Waals surface area contributed by atoms with E-state index in [-0.39, 0.29) is 13.2 Å².